The fourth-order valence-corrected chi connectivity index (χ4v) is 1.40. The molecule has 0 aliphatic carbocycles. The van der Waals surface area contributed by atoms with Crippen LogP contribution in [0.4, 0.5) is 0 Å². The molecule has 0 rings (SSSR count). The maximum absolute atomic E-state index is 10.9. The molecule has 0 saturated heterocycles. The van der Waals surface area contributed by atoms with E-state index in [0.717, 1.165) is 6.26 Å². The summed E-state index contributed by atoms with van der Waals surface area (Å²) in [4.78, 5) is 10.9. The molecule has 76 valence electrons. The van der Waals surface area contributed by atoms with Crippen LogP contribution in [-0.2, 0) is 19.6 Å². The van der Waals surface area contributed by atoms with Gasteiger partial charge in [-0.05, 0) is 6.92 Å². The van der Waals surface area contributed by atoms with Gasteiger partial charge in [0, 0.05) is 0 Å². The van der Waals surface area contributed by atoms with Crippen LogP contribution in [0.2, 0.25) is 0 Å². The van der Waals surface area contributed by atoms with Crippen LogP contribution in [0.3, 0.4) is 0 Å². The van der Waals surface area contributed by atoms with Crippen molar-refractivity contribution in [3.63, 3.8) is 0 Å². The second-order valence-corrected chi connectivity index (χ2v) is 4.05. The van der Waals surface area contributed by atoms with Crippen LogP contribution in [-0.4, -0.2) is 24.7 Å². The Bertz CT molecular complexity index is 290. The smallest absolute Gasteiger partial charge is 0.314 e. The first-order valence-corrected chi connectivity index (χ1v) is 5.24. The third-order valence-electron chi connectivity index (χ3n) is 1.18. The zero-order valence-electron chi connectivity index (χ0n) is 7.43. The third-order valence-corrected chi connectivity index (χ3v) is 2.10. The summed E-state index contributed by atoms with van der Waals surface area (Å²) in [6.45, 7) is 3.01. The van der Waals surface area contributed by atoms with Gasteiger partial charge in [0.15, 0.2) is 0 Å². The van der Waals surface area contributed by atoms with Gasteiger partial charge in [0.1, 0.15) is 0 Å². The number of carbonyl (C=O) groups is 1. The summed E-state index contributed by atoms with van der Waals surface area (Å²) >= 11 is 0. The van der Waals surface area contributed by atoms with E-state index in [2.05, 4.69) is 4.74 Å². The quantitative estimate of drug-likeness (QED) is 0.415. The summed E-state index contributed by atoms with van der Waals surface area (Å²) in [6.07, 6.45) is 2.65. The van der Waals surface area contributed by atoms with Gasteiger partial charge < -0.3 is 4.74 Å². The molecule has 0 heterocycles. The monoisotopic (exact) mass is 208 g/mol. The highest BCUT2D eigenvalue weighted by Gasteiger charge is 2.20. The SMILES string of the molecule is C/C=C/OC(=O)C(C)CS(=O)(=O)O. The van der Waals surface area contributed by atoms with E-state index in [-0.39, 0.29) is 0 Å². The molecule has 1 N–H and O–H groups in total. The van der Waals surface area contributed by atoms with Crippen molar-refractivity contribution in [1.82, 2.24) is 0 Å². The highest BCUT2D eigenvalue weighted by Crippen LogP contribution is 2.02. The number of ether oxygens (including phenoxy) is 1. The van der Waals surface area contributed by atoms with Crippen molar-refractivity contribution >= 4 is 16.1 Å². The first-order valence-electron chi connectivity index (χ1n) is 3.63. The lowest BCUT2D eigenvalue weighted by atomic mass is 10.2. The summed E-state index contributed by atoms with van der Waals surface area (Å²) in [5.74, 6) is -2.18. The van der Waals surface area contributed by atoms with Crippen LogP contribution in [0.15, 0.2) is 12.3 Å². The molecule has 0 aliphatic heterocycles. The van der Waals surface area contributed by atoms with Gasteiger partial charge in [0.05, 0.1) is 17.9 Å². The fourth-order valence-electron chi connectivity index (χ4n) is 0.635. The molecule has 0 aromatic rings. The first-order chi connectivity index (χ1) is 5.87. The molecule has 0 amide bonds. The average Bonchev–Trinajstić information content (AvgIpc) is 1.96. The van der Waals surface area contributed by atoms with Crippen molar-refractivity contribution in [2.24, 2.45) is 5.92 Å². The van der Waals surface area contributed by atoms with Crippen molar-refractivity contribution in [3.8, 4) is 0 Å². The Labute approximate surface area is 77.1 Å². The molecule has 0 saturated carbocycles. The van der Waals surface area contributed by atoms with Gasteiger partial charge in [-0.15, -0.1) is 0 Å². The summed E-state index contributed by atoms with van der Waals surface area (Å²) < 4.78 is 33.6. The topological polar surface area (TPSA) is 80.7 Å². The number of hydrogen-bond donors (Lipinski definition) is 1. The van der Waals surface area contributed by atoms with Crippen molar-refractivity contribution in [3.05, 3.63) is 12.3 Å². The van der Waals surface area contributed by atoms with E-state index in [0.29, 0.717) is 0 Å². The second kappa shape index (κ2) is 4.98. The molecule has 1 atom stereocenters. The highest BCUT2D eigenvalue weighted by molar-refractivity contribution is 7.85. The molecule has 0 radical (unpaired) electrons. The Morgan fingerprint density at radius 3 is 2.54 bits per heavy atom. The van der Waals surface area contributed by atoms with Crippen LogP contribution in [0.25, 0.3) is 0 Å². The number of hydrogen-bond acceptors (Lipinski definition) is 4. The number of rotatable bonds is 4. The molecule has 0 fully saturated rings. The minimum Gasteiger partial charge on any atom is -0.435 e. The number of allylic oxidation sites excluding steroid dienone is 1. The lowest BCUT2D eigenvalue weighted by Crippen LogP contribution is -2.21. The number of esters is 1. The van der Waals surface area contributed by atoms with E-state index in [1.54, 1.807) is 6.92 Å². The molecular weight excluding hydrogens is 196 g/mol. The van der Waals surface area contributed by atoms with E-state index in [4.69, 9.17) is 4.55 Å². The average molecular weight is 208 g/mol. The largest absolute Gasteiger partial charge is 0.435 e. The Balaban J connectivity index is 4.12. The zero-order valence-corrected chi connectivity index (χ0v) is 8.24. The van der Waals surface area contributed by atoms with Gasteiger partial charge >= 0.3 is 5.97 Å². The minimum atomic E-state index is -4.12. The van der Waals surface area contributed by atoms with E-state index < -0.39 is 27.8 Å². The molecule has 5 nitrogen and oxygen atoms in total. The van der Waals surface area contributed by atoms with Gasteiger partial charge in [0.25, 0.3) is 10.1 Å². The van der Waals surface area contributed by atoms with Gasteiger partial charge in [0.2, 0.25) is 0 Å². The molecule has 0 aromatic heterocycles. The molecule has 0 bridgehead atoms. The van der Waals surface area contributed by atoms with E-state index in [1.807, 2.05) is 0 Å². The molecule has 0 aliphatic rings. The summed E-state index contributed by atoms with van der Waals surface area (Å²) in [6, 6.07) is 0. The third kappa shape index (κ3) is 6.30. The second-order valence-electron chi connectivity index (χ2n) is 2.56. The van der Waals surface area contributed by atoms with Gasteiger partial charge in [-0.1, -0.05) is 13.0 Å². The lowest BCUT2D eigenvalue weighted by Gasteiger charge is -2.05. The van der Waals surface area contributed by atoms with Crippen molar-refractivity contribution < 1.29 is 22.5 Å². The van der Waals surface area contributed by atoms with Crippen molar-refractivity contribution in [2.75, 3.05) is 5.75 Å². The zero-order chi connectivity index (χ0) is 10.5. The van der Waals surface area contributed by atoms with Crippen LogP contribution >= 0.6 is 0 Å². The van der Waals surface area contributed by atoms with Crippen LogP contribution < -0.4 is 0 Å². The van der Waals surface area contributed by atoms with Crippen LogP contribution in [0, 0.1) is 5.92 Å². The van der Waals surface area contributed by atoms with E-state index >= 15 is 0 Å². The molecular formula is C7H12O5S. The predicted octanol–water partition coefficient (Wildman–Crippen LogP) is 0.587. The van der Waals surface area contributed by atoms with Crippen molar-refractivity contribution in [1.29, 1.82) is 0 Å². The Hall–Kier alpha value is -0.880. The van der Waals surface area contributed by atoms with Crippen LogP contribution in [0.1, 0.15) is 13.8 Å². The van der Waals surface area contributed by atoms with Gasteiger partial charge in [-0.3, -0.25) is 9.35 Å². The predicted molar refractivity (Wildman–Crippen MR) is 46.5 cm³/mol. The number of carbonyl (C=O) groups excluding carboxylic acids is 1. The molecule has 0 spiro atoms. The Morgan fingerprint density at radius 1 is 1.62 bits per heavy atom. The van der Waals surface area contributed by atoms with Gasteiger partial charge in [-0.2, -0.15) is 8.42 Å². The summed E-state index contributed by atoms with van der Waals surface area (Å²) in [5.41, 5.74) is 0. The maximum Gasteiger partial charge on any atom is 0.314 e. The van der Waals surface area contributed by atoms with E-state index in [1.165, 1.54) is 13.0 Å². The molecule has 6 heteroatoms. The summed E-state index contributed by atoms with van der Waals surface area (Å²) in [5, 5.41) is 0. The molecule has 13 heavy (non-hydrogen) atoms. The first kappa shape index (κ1) is 12.1. The minimum absolute atomic E-state index is 0.622. The molecule has 0 aromatic carbocycles. The molecule has 1 unspecified atom stereocenters. The Kier molecular flexibility index (Phi) is 4.64. The fraction of sp³-hybridized carbons (Fsp3) is 0.571. The summed E-state index contributed by atoms with van der Waals surface area (Å²) in [7, 11) is -4.12. The maximum atomic E-state index is 10.9. The van der Waals surface area contributed by atoms with Crippen LogP contribution in [0.5, 0.6) is 0 Å². The lowest BCUT2D eigenvalue weighted by molar-refractivity contribution is -0.141. The van der Waals surface area contributed by atoms with Crippen molar-refractivity contribution in [2.45, 2.75) is 13.8 Å². The van der Waals surface area contributed by atoms with E-state index in [9.17, 15) is 13.2 Å². The standard InChI is InChI=1S/C7H12O5S/c1-3-4-12-7(8)6(2)5-13(9,10)11/h3-4,6H,5H2,1-2H3,(H,9,10,11)/b4-3+. The normalized spacial score (nSPS) is 14.4. The van der Waals surface area contributed by atoms with Gasteiger partial charge in [-0.25, -0.2) is 0 Å². The highest BCUT2D eigenvalue weighted by atomic mass is 32.2. The Morgan fingerprint density at radius 2 is 2.15 bits per heavy atom.